The molecule has 1 unspecified atom stereocenters. The number of hydrogen-bond donors (Lipinski definition) is 2. The van der Waals surface area contributed by atoms with Crippen molar-refractivity contribution >= 4 is 29.1 Å². The molecule has 166 valence electrons. The second-order valence-corrected chi connectivity index (χ2v) is 7.99. The lowest BCUT2D eigenvalue weighted by Crippen LogP contribution is -2.49. The van der Waals surface area contributed by atoms with E-state index in [9.17, 15) is 14.4 Å². The SMILES string of the molecule is O=C(CN1CCCCCC1=O)NNC(=O)C1=NN(c2ccccc2)C(c2ccccc2)C1. The van der Waals surface area contributed by atoms with Crippen LogP contribution in [0.4, 0.5) is 5.69 Å². The van der Waals surface area contributed by atoms with Crippen molar-refractivity contribution in [3.8, 4) is 0 Å². The lowest BCUT2D eigenvalue weighted by Gasteiger charge is -2.23. The summed E-state index contributed by atoms with van der Waals surface area (Å²) >= 11 is 0. The molecule has 1 saturated heterocycles. The molecular weight excluding hydrogens is 406 g/mol. The summed E-state index contributed by atoms with van der Waals surface area (Å²) in [5.41, 5.74) is 7.14. The molecule has 1 atom stereocenters. The Labute approximate surface area is 187 Å². The molecule has 0 aromatic heterocycles. The molecule has 2 N–H and O–H groups in total. The van der Waals surface area contributed by atoms with E-state index in [1.807, 2.05) is 65.7 Å². The van der Waals surface area contributed by atoms with E-state index >= 15 is 0 Å². The van der Waals surface area contributed by atoms with Crippen molar-refractivity contribution in [2.45, 2.75) is 38.1 Å². The van der Waals surface area contributed by atoms with Crippen LogP contribution in [-0.2, 0) is 14.4 Å². The molecule has 8 heteroatoms. The van der Waals surface area contributed by atoms with Gasteiger partial charge in [-0.1, -0.05) is 55.0 Å². The number of nitrogens with zero attached hydrogens (tertiary/aromatic N) is 3. The number of anilines is 1. The Hall–Kier alpha value is -3.68. The largest absolute Gasteiger partial charge is 0.333 e. The summed E-state index contributed by atoms with van der Waals surface area (Å²) in [5.74, 6) is -0.903. The van der Waals surface area contributed by atoms with Gasteiger partial charge in [-0.25, -0.2) is 0 Å². The summed E-state index contributed by atoms with van der Waals surface area (Å²) in [6, 6.07) is 19.4. The van der Waals surface area contributed by atoms with E-state index < -0.39 is 11.8 Å². The van der Waals surface area contributed by atoms with Gasteiger partial charge in [0.2, 0.25) is 5.91 Å². The molecule has 0 radical (unpaired) electrons. The Bertz CT molecular complexity index is 993. The monoisotopic (exact) mass is 433 g/mol. The number of para-hydroxylation sites is 1. The van der Waals surface area contributed by atoms with E-state index in [0.29, 0.717) is 25.1 Å². The number of rotatable bonds is 5. The number of hydrogen-bond acceptors (Lipinski definition) is 5. The van der Waals surface area contributed by atoms with Gasteiger partial charge in [0.1, 0.15) is 12.3 Å². The standard InChI is InChI=1S/C24H27N5O3/c30-22(17-28-15-9-3-8-14-23(28)31)25-26-24(32)20-16-21(18-10-4-1-5-11-18)29(27-20)19-12-6-2-7-13-19/h1-2,4-7,10-13,21H,3,8-9,14-17H2,(H,25,30)(H,26,32). The molecule has 2 aromatic carbocycles. The fourth-order valence-electron chi connectivity index (χ4n) is 4.02. The van der Waals surface area contributed by atoms with E-state index in [1.54, 1.807) is 4.90 Å². The lowest BCUT2D eigenvalue weighted by molar-refractivity contribution is -0.136. The first-order valence-corrected chi connectivity index (χ1v) is 11.0. The average Bonchev–Trinajstić information content (AvgIpc) is 3.18. The molecule has 32 heavy (non-hydrogen) atoms. The molecule has 0 saturated carbocycles. The fourth-order valence-corrected chi connectivity index (χ4v) is 4.02. The molecule has 0 bridgehead atoms. The van der Waals surface area contributed by atoms with Gasteiger partial charge in [-0.15, -0.1) is 0 Å². The fraction of sp³-hybridized carbons (Fsp3) is 0.333. The summed E-state index contributed by atoms with van der Waals surface area (Å²) in [5, 5.41) is 6.39. The van der Waals surface area contributed by atoms with E-state index in [-0.39, 0.29) is 18.5 Å². The Morgan fingerprint density at radius 1 is 0.938 bits per heavy atom. The molecule has 0 spiro atoms. The molecule has 2 aromatic rings. The summed E-state index contributed by atoms with van der Waals surface area (Å²) in [4.78, 5) is 38.7. The van der Waals surface area contributed by atoms with Crippen LogP contribution in [0.5, 0.6) is 0 Å². The number of carbonyl (C=O) groups is 3. The molecular formula is C24H27N5O3. The maximum Gasteiger partial charge on any atom is 0.285 e. The first-order valence-electron chi connectivity index (χ1n) is 11.0. The van der Waals surface area contributed by atoms with Crippen LogP contribution in [0.25, 0.3) is 0 Å². The van der Waals surface area contributed by atoms with Crippen molar-refractivity contribution in [1.82, 2.24) is 15.8 Å². The number of likely N-dealkylation sites (tertiary alicyclic amines) is 1. The van der Waals surface area contributed by atoms with Crippen molar-refractivity contribution in [3.05, 3.63) is 66.2 Å². The van der Waals surface area contributed by atoms with Gasteiger partial charge in [0, 0.05) is 19.4 Å². The highest BCUT2D eigenvalue weighted by molar-refractivity contribution is 6.39. The number of benzene rings is 2. The average molecular weight is 434 g/mol. The third-order valence-electron chi connectivity index (χ3n) is 5.70. The van der Waals surface area contributed by atoms with Gasteiger partial charge in [-0.05, 0) is 30.5 Å². The second-order valence-electron chi connectivity index (χ2n) is 7.99. The van der Waals surface area contributed by atoms with Crippen LogP contribution < -0.4 is 15.9 Å². The molecule has 2 aliphatic rings. The molecule has 2 aliphatic heterocycles. The highest BCUT2D eigenvalue weighted by Gasteiger charge is 2.32. The molecule has 3 amide bonds. The lowest BCUT2D eigenvalue weighted by atomic mass is 10.0. The van der Waals surface area contributed by atoms with Crippen molar-refractivity contribution < 1.29 is 14.4 Å². The second kappa shape index (κ2) is 10.1. The number of hydrazine groups is 1. The van der Waals surface area contributed by atoms with Crippen molar-refractivity contribution in [2.24, 2.45) is 5.10 Å². The number of nitrogens with one attached hydrogen (secondary N) is 2. The first kappa shape index (κ1) is 21.5. The Balaban J connectivity index is 1.40. The summed E-state index contributed by atoms with van der Waals surface area (Å²) in [7, 11) is 0. The first-order chi connectivity index (χ1) is 15.6. The quantitative estimate of drug-likeness (QED) is 0.709. The van der Waals surface area contributed by atoms with Crippen molar-refractivity contribution in [3.63, 3.8) is 0 Å². The van der Waals surface area contributed by atoms with E-state index in [1.165, 1.54) is 0 Å². The number of hydrazone groups is 1. The number of carbonyl (C=O) groups excluding carboxylic acids is 3. The Morgan fingerprint density at radius 2 is 1.66 bits per heavy atom. The molecule has 2 heterocycles. The van der Waals surface area contributed by atoms with Gasteiger partial charge in [0.25, 0.3) is 11.8 Å². The topological polar surface area (TPSA) is 94.1 Å². The van der Waals surface area contributed by atoms with E-state index in [2.05, 4.69) is 16.0 Å². The zero-order valence-corrected chi connectivity index (χ0v) is 17.9. The van der Waals surface area contributed by atoms with Crippen LogP contribution >= 0.6 is 0 Å². The smallest absolute Gasteiger partial charge is 0.285 e. The van der Waals surface area contributed by atoms with Crippen LogP contribution in [-0.4, -0.2) is 41.4 Å². The van der Waals surface area contributed by atoms with Gasteiger partial charge in [0.15, 0.2) is 0 Å². The predicted octanol–water partition coefficient (Wildman–Crippen LogP) is 2.54. The van der Waals surface area contributed by atoms with Gasteiger partial charge < -0.3 is 4.90 Å². The zero-order valence-electron chi connectivity index (χ0n) is 17.9. The highest BCUT2D eigenvalue weighted by atomic mass is 16.2. The maximum atomic E-state index is 12.8. The molecule has 1 fully saturated rings. The van der Waals surface area contributed by atoms with Gasteiger partial charge in [0.05, 0.1) is 11.7 Å². The van der Waals surface area contributed by atoms with Crippen molar-refractivity contribution in [2.75, 3.05) is 18.1 Å². The van der Waals surface area contributed by atoms with E-state index in [4.69, 9.17) is 0 Å². The minimum absolute atomic E-state index is 0.0200. The number of amides is 3. The van der Waals surface area contributed by atoms with Gasteiger partial charge >= 0.3 is 0 Å². The minimum atomic E-state index is -0.458. The van der Waals surface area contributed by atoms with Crippen LogP contribution in [0, 0.1) is 0 Å². The maximum absolute atomic E-state index is 12.8. The van der Waals surface area contributed by atoms with Crippen LogP contribution in [0.1, 0.15) is 43.7 Å². The predicted molar refractivity (Wildman–Crippen MR) is 121 cm³/mol. The van der Waals surface area contributed by atoms with Gasteiger partial charge in [-0.2, -0.15) is 5.10 Å². The zero-order chi connectivity index (χ0) is 22.3. The summed E-state index contributed by atoms with van der Waals surface area (Å²) < 4.78 is 0. The Kier molecular flexibility index (Phi) is 6.79. The van der Waals surface area contributed by atoms with Crippen LogP contribution in [0.2, 0.25) is 0 Å². The highest BCUT2D eigenvalue weighted by Crippen LogP contribution is 2.34. The van der Waals surface area contributed by atoms with Gasteiger partial charge in [-0.3, -0.25) is 30.2 Å². The summed E-state index contributed by atoms with van der Waals surface area (Å²) in [6.07, 6.45) is 3.60. The van der Waals surface area contributed by atoms with E-state index in [0.717, 1.165) is 30.5 Å². The summed E-state index contributed by atoms with van der Waals surface area (Å²) in [6.45, 7) is 0.506. The third-order valence-corrected chi connectivity index (χ3v) is 5.70. The van der Waals surface area contributed by atoms with Crippen LogP contribution in [0.15, 0.2) is 65.8 Å². The Morgan fingerprint density at radius 3 is 2.41 bits per heavy atom. The normalized spacial score (nSPS) is 18.7. The minimum Gasteiger partial charge on any atom is -0.333 e. The van der Waals surface area contributed by atoms with Crippen molar-refractivity contribution in [1.29, 1.82) is 0 Å². The third kappa shape index (κ3) is 5.14. The molecule has 8 nitrogen and oxygen atoms in total. The molecule has 4 rings (SSSR count). The van der Waals surface area contributed by atoms with Crippen LogP contribution in [0.3, 0.4) is 0 Å². The molecule has 0 aliphatic carbocycles.